The highest BCUT2D eigenvalue weighted by molar-refractivity contribution is 7.88. The fourth-order valence-corrected chi connectivity index (χ4v) is 2.73. The molecule has 1 rings (SSSR count). The molecular weight excluding hydrogens is 268 g/mol. The molecule has 7 heteroatoms. The van der Waals surface area contributed by atoms with Crippen molar-refractivity contribution in [2.75, 3.05) is 20.1 Å². The van der Waals surface area contributed by atoms with Gasteiger partial charge in [-0.3, -0.25) is 0 Å². The van der Waals surface area contributed by atoms with E-state index in [4.69, 9.17) is 5.11 Å². The van der Waals surface area contributed by atoms with E-state index in [-0.39, 0.29) is 11.3 Å². The summed E-state index contributed by atoms with van der Waals surface area (Å²) < 4.78 is 26.0. The van der Waals surface area contributed by atoms with Gasteiger partial charge < -0.3 is 10.4 Å². The molecule has 0 saturated heterocycles. The van der Waals surface area contributed by atoms with Crippen LogP contribution in [0, 0.1) is 0 Å². The van der Waals surface area contributed by atoms with Crippen LogP contribution in [0.4, 0.5) is 0 Å². The summed E-state index contributed by atoms with van der Waals surface area (Å²) in [5, 5.41) is 11.8. The molecule has 0 aromatic heterocycles. The molecule has 106 valence electrons. The Morgan fingerprint density at radius 1 is 1.32 bits per heavy atom. The van der Waals surface area contributed by atoms with Crippen molar-refractivity contribution in [1.82, 2.24) is 10.0 Å². The van der Waals surface area contributed by atoms with Gasteiger partial charge in [-0.15, -0.1) is 0 Å². The maximum atomic E-state index is 11.8. The smallest absolute Gasteiger partial charge is 0.335 e. The number of sulfonamides is 1. The second-order valence-corrected chi connectivity index (χ2v) is 5.92. The molecule has 0 saturated carbocycles. The van der Waals surface area contributed by atoms with Crippen LogP contribution in [-0.2, 0) is 15.8 Å². The van der Waals surface area contributed by atoms with Gasteiger partial charge in [0.1, 0.15) is 0 Å². The van der Waals surface area contributed by atoms with E-state index in [1.54, 1.807) is 13.1 Å². The molecule has 0 amide bonds. The quantitative estimate of drug-likeness (QED) is 0.602. The minimum absolute atomic E-state index is 0.0860. The lowest BCUT2D eigenvalue weighted by Gasteiger charge is -2.07. The van der Waals surface area contributed by atoms with Gasteiger partial charge in [0.15, 0.2) is 0 Å². The summed E-state index contributed by atoms with van der Waals surface area (Å²) in [7, 11) is -1.63. The molecule has 0 heterocycles. The molecule has 0 aliphatic rings. The molecule has 0 bridgehead atoms. The highest BCUT2D eigenvalue weighted by atomic mass is 32.2. The largest absolute Gasteiger partial charge is 0.478 e. The predicted octanol–water partition coefficient (Wildman–Crippen LogP) is 0.414. The Kier molecular flexibility index (Phi) is 5.94. The fourth-order valence-electron chi connectivity index (χ4n) is 1.56. The molecule has 0 aliphatic heterocycles. The van der Waals surface area contributed by atoms with Crippen molar-refractivity contribution in [1.29, 1.82) is 0 Å². The van der Waals surface area contributed by atoms with Gasteiger partial charge in [-0.25, -0.2) is 17.9 Å². The van der Waals surface area contributed by atoms with Crippen molar-refractivity contribution >= 4 is 16.0 Å². The van der Waals surface area contributed by atoms with Gasteiger partial charge in [0, 0.05) is 6.54 Å². The number of nitrogens with one attached hydrogen (secondary N) is 2. The number of rotatable bonds is 8. The van der Waals surface area contributed by atoms with E-state index >= 15 is 0 Å². The number of aromatic carboxylic acids is 1. The molecule has 0 unspecified atom stereocenters. The van der Waals surface area contributed by atoms with E-state index in [1.807, 2.05) is 0 Å². The fraction of sp³-hybridized carbons (Fsp3) is 0.417. The summed E-state index contributed by atoms with van der Waals surface area (Å²) in [6.45, 7) is 1.10. The number of carbonyl (C=O) groups is 1. The van der Waals surface area contributed by atoms with E-state index in [2.05, 4.69) is 10.0 Å². The average Bonchev–Trinajstić information content (AvgIpc) is 2.34. The lowest BCUT2D eigenvalue weighted by Crippen LogP contribution is -2.28. The molecule has 19 heavy (non-hydrogen) atoms. The summed E-state index contributed by atoms with van der Waals surface area (Å²) in [5.41, 5.74) is 0.545. The lowest BCUT2D eigenvalue weighted by molar-refractivity contribution is 0.0696. The highest BCUT2D eigenvalue weighted by Gasteiger charge is 2.12. The molecule has 0 atom stereocenters. The second-order valence-electron chi connectivity index (χ2n) is 4.12. The van der Waals surface area contributed by atoms with Crippen LogP contribution in [0.15, 0.2) is 24.3 Å². The minimum Gasteiger partial charge on any atom is -0.478 e. The first-order valence-electron chi connectivity index (χ1n) is 5.89. The van der Waals surface area contributed by atoms with Gasteiger partial charge in [0.05, 0.1) is 11.3 Å². The zero-order valence-corrected chi connectivity index (χ0v) is 11.5. The SMILES string of the molecule is CNCCCNS(=O)(=O)Cc1cccc(C(=O)O)c1. The molecule has 0 fully saturated rings. The predicted molar refractivity (Wildman–Crippen MR) is 72.6 cm³/mol. The Bertz CT molecular complexity index is 528. The van der Waals surface area contributed by atoms with Crippen LogP contribution in [0.5, 0.6) is 0 Å². The zero-order chi connectivity index (χ0) is 14.3. The first-order valence-corrected chi connectivity index (χ1v) is 7.54. The highest BCUT2D eigenvalue weighted by Crippen LogP contribution is 2.08. The van der Waals surface area contributed by atoms with Crippen LogP contribution >= 0.6 is 0 Å². The first kappa shape index (κ1) is 15.6. The van der Waals surface area contributed by atoms with Crippen molar-refractivity contribution in [3.05, 3.63) is 35.4 Å². The third-order valence-corrected chi connectivity index (χ3v) is 3.81. The van der Waals surface area contributed by atoms with Crippen LogP contribution < -0.4 is 10.0 Å². The first-order chi connectivity index (χ1) is 8.94. The lowest BCUT2D eigenvalue weighted by atomic mass is 10.1. The summed E-state index contributed by atoms with van der Waals surface area (Å²) in [6.07, 6.45) is 0.699. The monoisotopic (exact) mass is 286 g/mol. The van der Waals surface area contributed by atoms with E-state index in [1.165, 1.54) is 18.2 Å². The van der Waals surface area contributed by atoms with Crippen molar-refractivity contribution < 1.29 is 18.3 Å². The molecule has 1 aromatic rings. The van der Waals surface area contributed by atoms with Crippen LogP contribution in [0.2, 0.25) is 0 Å². The number of hydrogen-bond donors (Lipinski definition) is 3. The van der Waals surface area contributed by atoms with Gasteiger partial charge in [-0.05, 0) is 37.7 Å². The van der Waals surface area contributed by atoms with E-state index < -0.39 is 16.0 Å². The maximum absolute atomic E-state index is 11.8. The van der Waals surface area contributed by atoms with Gasteiger partial charge in [-0.1, -0.05) is 12.1 Å². The molecular formula is C12H18N2O4S. The van der Waals surface area contributed by atoms with Crippen molar-refractivity contribution in [2.45, 2.75) is 12.2 Å². The molecule has 0 aliphatic carbocycles. The van der Waals surface area contributed by atoms with Crippen LogP contribution in [-0.4, -0.2) is 39.6 Å². The number of carboxylic acid groups (broad SMARTS) is 1. The van der Waals surface area contributed by atoms with E-state index in [9.17, 15) is 13.2 Å². The molecule has 0 spiro atoms. The number of hydrogen-bond acceptors (Lipinski definition) is 4. The maximum Gasteiger partial charge on any atom is 0.335 e. The van der Waals surface area contributed by atoms with Crippen molar-refractivity contribution in [3.8, 4) is 0 Å². The molecule has 1 aromatic carbocycles. The number of carboxylic acids is 1. The van der Waals surface area contributed by atoms with Crippen molar-refractivity contribution in [3.63, 3.8) is 0 Å². The van der Waals surface area contributed by atoms with E-state index in [0.29, 0.717) is 18.5 Å². The summed E-state index contributed by atoms with van der Waals surface area (Å²) in [5.74, 6) is -1.28. The van der Waals surface area contributed by atoms with E-state index in [0.717, 1.165) is 6.54 Å². The van der Waals surface area contributed by atoms with Crippen molar-refractivity contribution in [2.24, 2.45) is 0 Å². The average molecular weight is 286 g/mol. The van der Waals surface area contributed by atoms with Crippen LogP contribution in [0.1, 0.15) is 22.3 Å². The topological polar surface area (TPSA) is 95.5 Å². The third-order valence-electron chi connectivity index (χ3n) is 2.46. The van der Waals surface area contributed by atoms with Gasteiger partial charge >= 0.3 is 5.97 Å². The minimum atomic E-state index is -3.43. The van der Waals surface area contributed by atoms with Gasteiger partial charge in [0.25, 0.3) is 0 Å². The molecule has 0 radical (unpaired) electrons. The summed E-state index contributed by atoms with van der Waals surface area (Å²) >= 11 is 0. The Labute approximate surface area is 112 Å². The molecule has 6 nitrogen and oxygen atoms in total. The van der Waals surface area contributed by atoms with Crippen LogP contribution in [0.25, 0.3) is 0 Å². The summed E-state index contributed by atoms with van der Waals surface area (Å²) in [6, 6.07) is 5.93. The normalized spacial score (nSPS) is 11.4. The van der Waals surface area contributed by atoms with Gasteiger partial charge in [0.2, 0.25) is 10.0 Å². The number of benzene rings is 1. The Hall–Kier alpha value is -1.44. The molecule has 3 N–H and O–H groups in total. The Balaban J connectivity index is 2.62. The second kappa shape index (κ2) is 7.22. The van der Waals surface area contributed by atoms with Gasteiger partial charge in [-0.2, -0.15) is 0 Å². The van der Waals surface area contributed by atoms with Crippen LogP contribution in [0.3, 0.4) is 0 Å². The standard InChI is InChI=1S/C12H18N2O4S/c1-13-6-3-7-14-19(17,18)9-10-4-2-5-11(8-10)12(15)16/h2,4-5,8,13-14H,3,6-7,9H2,1H3,(H,15,16). The zero-order valence-electron chi connectivity index (χ0n) is 10.7. The summed E-state index contributed by atoms with van der Waals surface area (Å²) in [4.78, 5) is 10.8. The Morgan fingerprint density at radius 3 is 2.68 bits per heavy atom. The third kappa shape index (κ3) is 5.82. The Morgan fingerprint density at radius 2 is 2.05 bits per heavy atom.